The van der Waals surface area contributed by atoms with Crippen LogP contribution in [-0.2, 0) is 9.59 Å². The minimum Gasteiger partial charge on any atom is -0.497 e. The van der Waals surface area contributed by atoms with Crippen molar-refractivity contribution >= 4 is 23.5 Å². The number of anilines is 1. The molecule has 1 atom stereocenters. The molecular weight excluding hydrogens is 336 g/mol. The fourth-order valence-electron chi connectivity index (χ4n) is 2.02. The second kappa shape index (κ2) is 10.4. The number of nitrogens with one attached hydrogen (secondary N) is 3. The molecule has 0 aromatic heterocycles. The lowest BCUT2D eigenvalue weighted by atomic mass is 10.2. The second-order valence-corrected chi connectivity index (χ2v) is 6.46. The first kappa shape index (κ1) is 21.4. The van der Waals surface area contributed by atoms with E-state index in [1.54, 1.807) is 50.2 Å². The predicted molar refractivity (Wildman–Crippen MR) is 100 cm³/mol. The van der Waals surface area contributed by atoms with Gasteiger partial charge in [-0.15, -0.1) is 0 Å². The van der Waals surface area contributed by atoms with Gasteiger partial charge in [0.25, 0.3) is 0 Å². The van der Waals surface area contributed by atoms with Crippen LogP contribution in [-0.4, -0.2) is 56.0 Å². The molecule has 0 aliphatic rings. The molecule has 0 radical (unpaired) electrons. The van der Waals surface area contributed by atoms with Crippen LogP contribution in [0, 0.1) is 5.92 Å². The lowest BCUT2D eigenvalue weighted by Crippen LogP contribution is -2.50. The highest BCUT2D eigenvalue weighted by molar-refractivity contribution is 5.97. The highest BCUT2D eigenvalue weighted by Gasteiger charge is 2.21. The van der Waals surface area contributed by atoms with Gasteiger partial charge >= 0.3 is 6.03 Å². The van der Waals surface area contributed by atoms with E-state index in [4.69, 9.17) is 4.74 Å². The van der Waals surface area contributed by atoms with Gasteiger partial charge in [0.2, 0.25) is 11.8 Å². The first-order valence-corrected chi connectivity index (χ1v) is 8.45. The van der Waals surface area contributed by atoms with Crippen molar-refractivity contribution in [1.29, 1.82) is 0 Å². The Labute approximate surface area is 154 Å². The molecule has 0 fully saturated rings. The van der Waals surface area contributed by atoms with Gasteiger partial charge in [0, 0.05) is 18.3 Å². The van der Waals surface area contributed by atoms with Crippen LogP contribution in [0.2, 0.25) is 0 Å². The first-order valence-electron chi connectivity index (χ1n) is 8.45. The van der Waals surface area contributed by atoms with Crippen molar-refractivity contribution in [1.82, 2.24) is 15.5 Å². The number of urea groups is 1. The van der Waals surface area contributed by atoms with Crippen LogP contribution in [0.1, 0.15) is 20.8 Å². The van der Waals surface area contributed by atoms with Crippen LogP contribution in [0.5, 0.6) is 5.75 Å². The molecule has 0 saturated carbocycles. The number of nitrogens with zero attached hydrogens (tertiary/aromatic N) is 1. The Hall–Kier alpha value is -2.61. The van der Waals surface area contributed by atoms with Crippen molar-refractivity contribution in [2.75, 3.05) is 32.6 Å². The molecule has 0 aliphatic carbocycles. The Morgan fingerprint density at radius 2 is 1.88 bits per heavy atom. The lowest BCUT2D eigenvalue weighted by molar-refractivity contribution is -0.125. The van der Waals surface area contributed by atoms with Crippen molar-refractivity contribution in [3.8, 4) is 5.75 Å². The molecule has 0 saturated heterocycles. The van der Waals surface area contributed by atoms with Crippen LogP contribution < -0.4 is 20.7 Å². The number of carbonyl (C=O) groups excluding carboxylic acids is 3. The van der Waals surface area contributed by atoms with Crippen LogP contribution in [0.4, 0.5) is 10.5 Å². The van der Waals surface area contributed by atoms with Crippen LogP contribution in [0.25, 0.3) is 0 Å². The summed E-state index contributed by atoms with van der Waals surface area (Å²) in [7, 11) is 3.19. The van der Waals surface area contributed by atoms with Gasteiger partial charge in [-0.25, -0.2) is 4.79 Å². The number of benzene rings is 1. The van der Waals surface area contributed by atoms with Gasteiger partial charge in [-0.1, -0.05) is 19.9 Å². The molecule has 1 aromatic rings. The summed E-state index contributed by atoms with van der Waals surface area (Å²) >= 11 is 0. The highest BCUT2D eigenvalue weighted by atomic mass is 16.5. The van der Waals surface area contributed by atoms with Crippen LogP contribution in [0.15, 0.2) is 24.3 Å². The summed E-state index contributed by atoms with van der Waals surface area (Å²) in [6.07, 6.45) is 0. The van der Waals surface area contributed by atoms with E-state index in [-0.39, 0.29) is 18.4 Å². The summed E-state index contributed by atoms with van der Waals surface area (Å²) in [4.78, 5) is 37.5. The van der Waals surface area contributed by atoms with Crippen LogP contribution >= 0.6 is 0 Å². The van der Waals surface area contributed by atoms with E-state index in [0.717, 1.165) is 0 Å². The smallest absolute Gasteiger partial charge is 0.321 e. The van der Waals surface area contributed by atoms with E-state index in [9.17, 15) is 14.4 Å². The molecule has 1 rings (SSSR count). The molecule has 0 aliphatic heterocycles. The number of ether oxygens (including phenoxy) is 1. The molecule has 0 bridgehead atoms. The minimum atomic E-state index is -0.643. The van der Waals surface area contributed by atoms with Crippen LogP contribution in [0.3, 0.4) is 0 Å². The zero-order chi connectivity index (χ0) is 19.7. The molecule has 8 nitrogen and oxygen atoms in total. The van der Waals surface area contributed by atoms with Crippen molar-refractivity contribution in [2.45, 2.75) is 26.8 Å². The first-order chi connectivity index (χ1) is 12.2. The van der Waals surface area contributed by atoms with Crippen molar-refractivity contribution < 1.29 is 19.1 Å². The topological polar surface area (TPSA) is 99.8 Å². The number of methoxy groups -OCH3 is 1. The standard InChI is InChI=1S/C18H28N4O4/c1-12(2)10-19-18(25)21-17(24)13(3)22(4)11-16(23)20-14-7-6-8-15(9-14)26-5/h6-9,12-13H,10-11H2,1-5H3,(H,20,23)(H2,19,21,24,25). The quantitative estimate of drug-likeness (QED) is 0.648. The Morgan fingerprint density at radius 1 is 1.19 bits per heavy atom. The maximum absolute atomic E-state index is 12.1. The molecule has 26 heavy (non-hydrogen) atoms. The zero-order valence-electron chi connectivity index (χ0n) is 16.0. The predicted octanol–water partition coefficient (Wildman–Crippen LogP) is 1.44. The lowest BCUT2D eigenvalue weighted by Gasteiger charge is -2.23. The van der Waals surface area contributed by atoms with E-state index in [0.29, 0.717) is 18.0 Å². The molecule has 4 amide bonds. The fourth-order valence-corrected chi connectivity index (χ4v) is 2.02. The number of amides is 4. The maximum atomic E-state index is 12.1. The number of hydrogen-bond acceptors (Lipinski definition) is 5. The third kappa shape index (κ3) is 7.52. The largest absolute Gasteiger partial charge is 0.497 e. The van der Waals surface area contributed by atoms with E-state index < -0.39 is 18.0 Å². The molecule has 0 heterocycles. The molecule has 1 aromatic carbocycles. The Kier molecular flexibility index (Phi) is 8.57. The number of likely N-dealkylation sites (N-methyl/N-ethyl adjacent to an activating group) is 1. The van der Waals surface area contributed by atoms with Crippen molar-refractivity contribution in [3.63, 3.8) is 0 Å². The molecular formula is C18H28N4O4. The van der Waals surface area contributed by atoms with Crippen molar-refractivity contribution in [2.24, 2.45) is 5.92 Å². The normalized spacial score (nSPS) is 11.8. The Morgan fingerprint density at radius 3 is 2.50 bits per heavy atom. The fraction of sp³-hybridized carbons (Fsp3) is 0.500. The van der Waals surface area contributed by atoms with Gasteiger partial charge in [-0.3, -0.25) is 19.8 Å². The summed E-state index contributed by atoms with van der Waals surface area (Å²) in [5.41, 5.74) is 0.605. The zero-order valence-corrected chi connectivity index (χ0v) is 16.0. The summed E-state index contributed by atoms with van der Waals surface area (Å²) < 4.78 is 5.11. The monoisotopic (exact) mass is 364 g/mol. The van der Waals surface area contributed by atoms with Gasteiger partial charge in [-0.2, -0.15) is 0 Å². The van der Waals surface area contributed by atoms with E-state index in [1.165, 1.54) is 0 Å². The Balaban J connectivity index is 2.49. The number of rotatable bonds is 8. The number of imide groups is 1. The van der Waals surface area contributed by atoms with Crippen molar-refractivity contribution in [3.05, 3.63) is 24.3 Å². The molecule has 1 unspecified atom stereocenters. The average Bonchev–Trinajstić information content (AvgIpc) is 2.59. The van der Waals surface area contributed by atoms with Gasteiger partial charge in [0.15, 0.2) is 0 Å². The molecule has 3 N–H and O–H groups in total. The third-order valence-electron chi connectivity index (χ3n) is 3.69. The molecule has 0 spiro atoms. The average molecular weight is 364 g/mol. The summed E-state index contributed by atoms with van der Waals surface area (Å²) in [6.45, 7) is 6.02. The summed E-state index contributed by atoms with van der Waals surface area (Å²) in [5, 5.41) is 7.63. The number of carbonyl (C=O) groups is 3. The van der Waals surface area contributed by atoms with Gasteiger partial charge in [0.05, 0.1) is 19.7 Å². The minimum absolute atomic E-state index is 0.000586. The van der Waals surface area contributed by atoms with Gasteiger partial charge < -0.3 is 15.4 Å². The second-order valence-electron chi connectivity index (χ2n) is 6.46. The highest BCUT2D eigenvalue weighted by Crippen LogP contribution is 2.16. The summed E-state index contributed by atoms with van der Waals surface area (Å²) in [5.74, 6) is 0.181. The summed E-state index contributed by atoms with van der Waals surface area (Å²) in [6, 6.07) is 5.81. The maximum Gasteiger partial charge on any atom is 0.321 e. The Bertz CT molecular complexity index is 633. The number of hydrogen-bond donors (Lipinski definition) is 3. The van der Waals surface area contributed by atoms with E-state index in [1.807, 2.05) is 13.8 Å². The molecule has 144 valence electrons. The SMILES string of the molecule is COc1cccc(NC(=O)CN(C)C(C)C(=O)NC(=O)NCC(C)C)c1. The third-order valence-corrected chi connectivity index (χ3v) is 3.69. The molecule has 8 heteroatoms. The van der Waals surface area contributed by atoms with Gasteiger partial charge in [0.1, 0.15) is 5.75 Å². The van der Waals surface area contributed by atoms with Gasteiger partial charge in [-0.05, 0) is 32.0 Å². The van der Waals surface area contributed by atoms with E-state index in [2.05, 4.69) is 16.0 Å². The van der Waals surface area contributed by atoms with E-state index >= 15 is 0 Å².